The minimum absolute atomic E-state index is 0.149. The molecule has 0 unspecified atom stereocenters. The van der Waals surface area contributed by atoms with Crippen molar-refractivity contribution in [3.63, 3.8) is 0 Å². The van der Waals surface area contributed by atoms with Crippen molar-refractivity contribution in [2.75, 3.05) is 43.1 Å². The first-order chi connectivity index (χ1) is 14.4. The largest absolute Gasteiger partial charge is 0.495 e. The molecule has 4 rings (SSSR count). The van der Waals surface area contributed by atoms with Crippen molar-refractivity contribution in [3.8, 4) is 5.75 Å². The first-order valence-electron chi connectivity index (χ1n) is 9.76. The van der Waals surface area contributed by atoms with E-state index in [0.717, 1.165) is 16.3 Å². The van der Waals surface area contributed by atoms with Gasteiger partial charge in [0.15, 0.2) is 0 Å². The summed E-state index contributed by atoms with van der Waals surface area (Å²) in [4.78, 5) is 27.1. The molecule has 2 saturated heterocycles. The lowest BCUT2D eigenvalue weighted by molar-refractivity contribution is -0.121. The van der Waals surface area contributed by atoms with Gasteiger partial charge in [0.25, 0.3) is 0 Å². The predicted octanol–water partition coefficient (Wildman–Crippen LogP) is 1.86. The van der Waals surface area contributed by atoms with Crippen LogP contribution < -0.4 is 14.5 Å². The molecule has 0 saturated carbocycles. The third kappa shape index (κ3) is 3.66. The third-order valence-electron chi connectivity index (χ3n) is 5.45. The molecule has 2 amide bonds. The van der Waals surface area contributed by atoms with E-state index in [1.807, 2.05) is 24.3 Å². The number of rotatable bonds is 5. The monoisotopic (exact) mass is 429 g/mol. The summed E-state index contributed by atoms with van der Waals surface area (Å²) in [6.07, 6.45) is 0.380. The molecule has 2 heterocycles. The molecule has 0 spiro atoms. The lowest BCUT2D eigenvalue weighted by Gasteiger charge is -2.36. The maximum absolute atomic E-state index is 13.0. The highest BCUT2D eigenvalue weighted by atomic mass is 32.2. The molecule has 8 nitrogen and oxygen atoms in total. The molecule has 0 N–H and O–H groups in total. The molecule has 0 aliphatic carbocycles. The van der Waals surface area contributed by atoms with Gasteiger partial charge in [-0.3, -0.25) is 14.5 Å². The zero-order valence-electron chi connectivity index (χ0n) is 16.7. The van der Waals surface area contributed by atoms with Crippen molar-refractivity contribution >= 4 is 33.2 Å². The summed E-state index contributed by atoms with van der Waals surface area (Å²) >= 11 is 0. The fraction of sp³-hybridized carbons (Fsp3) is 0.333. The number of anilines is 2. The number of imide groups is 1. The highest BCUT2D eigenvalue weighted by molar-refractivity contribution is 7.89. The quantitative estimate of drug-likeness (QED) is 0.675. The molecule has 0 radical (unpaired) electrons. The number of piperazine rings is 1. The topological polar surface area (TPSA) is 87.2 Å². The fourth-order valence-corrected chi connectivity index (χ4v) is 5.26. The van der Waals surface area contributed by atoms with Crippen molar-refractivity contribution < 1.29 is 22.7 Å². The van der Waals surface area contributed by atoms with Gasteiger partial charge in [0.2, 0.25) is 21.8 Å². The second-order valence-corrected chi connectivity index (χ2v) is 9.12. The Hall–Kier alpha value is -2.91. The van der Waals surface area contributed by atoms with Gasteiger partial charge in [-0.25, -0.2) is 8.42 Å². The summed E-state index contributed by atoms with van der Waals surface area (Å²) in [7, 11) is -2.05. The zero-order valence-corrected chi connectivity index (χ0v) is 17.5. The van der Waals surface area contributed by atoms with E-state index in [1.54, 1.807) is 7.11 Å². The number of carbonyl (C=O) groups excluding carboxylic acids is 2. The van der Waals surface area contributed by atoms with Crippen LogP contribution in [0, 0.1) is 0 Å². The van der Waals surface area contributed by atoms with Crippen LogP contribution in [0.25, 0.3) is 0 Å². The highest BCUT2D eigenvalue weighted by Gasteiger charge is 2.32. The summed E-state index contributed by atoms with van der Waals surface area (Å²) in [5, 5.41) is 0. The van der Waals surface area contributed by atoms with Gasteiger partial charge in [-0.05, 0) is 36.4 Å². The predicted molar refractivity (Wildman–Crippen MR) is 112 cm³/mol. The van der Waals surface area contributed by atoms with Crippen LogP contribution >= 0.6 is 0 Å². The minimum atomic E-state index is -3.66. The maximum Gasteiger partial charge on any atom is 0.243 e. The van der Waals surface area contributed by atoms with E-state index in [1.165, 1.54) is 28.6 Å². The Morgan fingerprint density at radius 3 is 2.03 bits per heavy atom. The van der Waals surface area contributed by atoms with Gasteiger partial charge < -0.3 is 9.64 Å². The number of carbonyl (C=O) groups is 2. The SMILES string of the molecule is COc1ccccc1N1CCN(S(=O)(=O)c2ccc(N3C(=O)CCC3=O)cc2)CC1. The number of sulfonamides is 1. The van der Waals surface area contributed by atoms with E-state index in [2.05, 4.69) is 4.90 Å². The van der Waals surface area contributed by atoms with Gasteiger partial charge in [0, 0.05) is 39.0 Å². The van der Waals surface area contributed by atoms with Crippen LogP contribution in [-0.4, -0.2) is 57.8 Å². The molecular weight excluding hydrogens is 406 g/mol. The molecular formula is C21H23N3O5S. The first kappa shape index (κ1) is 20.4. The molecule has 2 aliphatic rings. The Morgan fingerprint density at radius 2 is 1.43 bits per heavy atom. The summed E-state index contributed by atoms with van der Waals surface area (Å²) in [5.41, 5.74) is 1.35. The second-order valence-electron chi connectivity index (χ2n) is 7.18. The Bertz CT molecular complexity index is 1040. The maximum atomic E-state index is 13.0. The average molecular weight is 429 g/mol. The fourth-order valence-electron chi connectivity index (χ4n) is 3.84. The van der Waals surface area contributed by atoms with Crippen molar-refractivity contribution in [3.05, 3.63) is 48.5 Å². The van der Waals surface area contributed by atoms with Crippen LogP contribution in [0.15, 0.2) is 53.4 Å². The van der Waals surface area contributed by atoms with Gasteiger partial charge >= 0.3 is 0 Å². The van der Waals surface area contributed by atoms with Crippen molar-refractivity contribution in [2.45, 2.75) is 17.7 Å². The highest BCUT2D eigenvalue weighted by Crippen LogP contribution is 2.30. The Kier molecular flexibility index (Phi) is 5.48. The van der Waals surface area contributed by atoms with Crippen LogP contribution in [0.3, 0.4) is 0 Å². The van der Waals surface area contributed by atoms with Crippen LogP contribution in [0.5, 0.6) is 5.75 Å². The van der Waals surface area contributed by atoms with E-state index < -0.39 is 10.0 Å². The average Bonchev–Trinajstić information content (AvgIpc) is 3.11. The number of nitrogens with zero attached hydrogens (tertiary/aromatic N) is 3. The molecule has 2 fully saturated rings. The lowest BCUT2D eigenvalue weighted by Crippen LogP contribution is -2.48. The molecule has 158 valence electrons. The van der Waals surface area contributed by atoms with Gasteiger partial charge in [-0.1, -0.05) is 12.1 Å². The Balaban J connectivity index is 1.47. The van der Waals surface area contributed by atoms with Gasteiger partial charge in [-0.15, -0.1) is 0 Å². The molecule has 2 aromatic rings. The number of hydrogen-bond acceptors (Lipinski definition) is 6. The molecule has 2 aliphatic heterocycles. The molecule has 2 aromatic carbocycles. The number of amides is 2. The van der Waals surface area contributed by atoms with Gasteiger partial charge in [-0.2, -0.15) is 4.31 Å². The number of methoxy groups -OCH3 is 1. The molecule has 30 heavy (non-hydrogen) atoms. The standard InChI is InChI=1S/C21H23N3O5S/c1-29-19-5-3-2-4-18(19)22-12-14-23(15-13-22)30(27,28)17-8-6-16(7-9-17)24-20(25)10-11-21(24)26/h2-9H,10-15H2,1H3. The van der Waals surface area contributed by atoms with Crippen LogP contribution in [0.1, 0.15) is 12.8 Å². The third-order valence-corrected chi connectivity index (χ3v) is 7.36. The second kappa shape index (κ2) is 8.08. The number of ether oxygens (including phenoxy) is 1. The number of para-hydroxylation sites is 2. The molecule has 0 aromatic heterocycles. The lowest BCUT2D eigenvalue weighted by atomic mass is 10.2. The number of benzene rings is 2. The van der Waals surface area contributed by atoms with E-state index in [-0.39, 0.29) is 29.6 Å². The molecule has 0 atom stereocenters. The van der Waals surface area contributed by atoms with Crippen molar-refractivity contribution in [1.82, 2.24) is 4.31 Å². The Labute approximate surface area is 175 Å². The van der Waals surface area contributed by atoms with Crippen molar-refractivity contribution in [2.24, 2.45) is 0 Å². The van der Waals surface area contributed by atoms with Gasteiger partial charge in [0.1, 0.15) is 5.75 Å². The van der Waals surface area contributed by atoms with E-state index in [0.29, 0.717) is 31.9 Å². The van der Waals surface area contributed by atoms with Gasteiger partial charge in [0.05, 0.1) is 23.4 Å². The zero-order chi connectivity index (χ0) is 21.3. The number of hydrogen-bond donors (Lipinski definition) is 0. The van der Waals surface area contributed by atoms with Crippen LogP contribution in [-0.2, 0) is 19.6 Å². The van der Waals surface area contributed by atoms with E-state index in [4.69, 9.17) is 4.74 Å². The first-order valence-corrected chi connectivity index (χ1v) is 11.2. The van der Waals surface area contributed by atoms with E-state index >= 15 is 0 Å². The smallest absolute Gasteiger partial charge is 0.243 e. The summed E-state index contributed by atoms with van der Waals surface area (Å²) < 4.78 is 33.0. The molecule has 9 heteroatoms. The Morgan fingerprint density at radius 1 is 0.833 bits per heavy atom. The summed E-state index contributed by atoms with van der Waals surface area (Å²) in [6.45, 7) is 1.80. The molecule has 0 bridgehead atoms. The summed E-state index contributed by atoms with van der Waals surface area (Å²) in [6, 6.07) is 13.6. The van der Waals surface area contributed by atoms with Crippen LogP contribution in [0.2, 0.25) is 0 Å². The normalized spacial score (nSPS) is 18.2. The van der Waals surface area contributed by atoms with E-state index in [9.17, 15) is 18.0 Å². The minimum Gasteiger partial charge on any atom is -0.495 e. The van der Waals surface area contributed by atoms with Crippen LogP contribution in [0.4, 0.5) is 11.4 Å². The van der Waals surface area contributed by atoms with Crippen molar-refractivity contribution in [1.29, 1.82) is 0 Å². The summed E-state index contributed by atoms with van der Waals surface area (Å²) in [5.74, 6) is 0.238.